The van der Waals surface area contributed by atoms with Gasteiger partial charge >= 0.3 is 13.3 Å². The Balaban J connectivity index is 2.36. The average Bonchev–Trinajstić information content (AvgIpc) is 2.37. The van der Waals surface area contributed by atoms with E-state index in [0.717, 1.165) is 0 Å². The van der Waals surface area contributed by atoms with Crippen LogP contribution in [0.1, 0.15) is 12.5 Å². The molecule has 110 valence electrons. The molecule has 0 spiro atoms. The zero-order valence-electron chi connectivity index (χ0n) is 10.3. The smallest absolute Gasteiger partial charge is 0.390 e. The third kappa shape index (κ3) is 2.91. The number of aliphatic hydroxyl groups excluding tert-OH is 1. The van der Waals surface area contributed by atoms with Crippen molar-refractivity contribution in [3.63, 3.8) is 0 Å². The van der Waals surface area contributed by atoms with Gasteiger partial charge in [0.2, 0.25) is 5.50 Å². The first-order valence-corrected chi connectivity index (χ1v) is 7.32. The number of aliphatic hydroxyl groups is 1. The summed E-state index contributed by atoms with van der Waals surface area (Å²) in [6.45, 7) is -0.501. The summed E-state index contributed by atoms with van der Waals surface area (Å²) < 4.78 is 17.4. The minimum atomic E-state index is -4.52. The van der Waals surface area contributed by atoms with E-state index in [9.17, 15) is 14.5 Å². The van der Waals surface area contributed by atoms with Crippen molar-refractivity contribution in [1.82, 2.24) is 9.55 Å². The minimum absolute atomic E-state index is 0.0648. The molecule has 0 radical (unpaired) electrons. The Morgan fingerprint density at radius 2 is 2.25 bits per heavy atom. The molecule has 9 nitrogen and oxygen atoms in total. The van der Waals surface area contributed by atoms with Crippen LogP contribution in [-0.4, -0.2) is 37.2 Å². The van der Waals surface area contributed by atoms with Gasteiger partial charge in [-0.25, -0.2) is 4.79 Å². The van der Waals surface area contributed by atoms with Gasteiger partial charge in [0.15, 0.2) is 0 Å². The van der Waals surface area contributed by atoms with Crippen molar-refractivity contribution in [2.45, 2.75) is 18.6 Å². The van der Waals surface area contributed by atoms with Crippen LogP contribution in [0.25, 0.3) is 0 Å². The van der Waals surface area contributed by atoms with Gasteiger partial charge in [-0.05, 0) is 18.6 Å². The molecule has 1 aromatic heterocycles. The molecule has 2 rings (SSSR count). The van der Waals surface area contributed by atoms with Gasteiger partial charge in [0.05, 0.1) is 12.6 Å². The van der Waals surface area contributed by atoms with E-state index in [1.54, 1.807) is 0 Å². The van der Waals surface area contributed by atoms with E-state index in [2.05, 4.69) is 4.98 Å². The van der Waals surface area contributed by atoms with Gasteiger partial charge in [-0.3, -0.25) is 9.13 Å². The van der Waals surface area contributed by atoms with Gasteiger partial charge < -0.3 is 25.4 Å². The summed E-state index contributed by atoms with van der Waals surface area (Å²) in [6, 6.07) is 0.800. The van der Waals surface area contributed by atoms with Crippen LogP contribution < -0.4 is 11.4 Å². The number of nitrogen functional groups attached to an aromatic ring is 1. The molecule has 1 aliphatic rings. The molecule has 0 amide bonds. The number of allylic oxidation sites excluding steroid dienone is 1. The van der Waals surface area contributed by atoms with Crippen LogP contribution in [0.15, 0.2) is 28.6 Å². The molecule has 0 saturated heterocycles. The van der Waals surface area contributed by atoms with Crippen molar-refractivity contribution in [1.29, 1.82) is 0 Å². The van der Waals surface area contributed by atoms with Crippen LogP contribution in [-0.2, 0) is 9.30 Å². The standard InChI is InChI=1S/C10H14N3O6P/c11-8-3-4-13(10(15)12-8)6-1-2-9(20(16,17)18)19-7(6)5-14/h2-4,6-7,14H,1,5H2,(H2,11,12,15)(H2,16,17,18)/t6-,7-/m0/s1. The number of hydrogen-bond donors (Lipinski definition) is 4. The van der Waals surface area contributed by atoms with Crippen molar-refractivity contribution in [3.8, 4) is 0 Å². The van der Waals surface area contributed by atoms with Crippen LogP contribution >= 0.6 is 7.60 Å². The van der Waals surface area contributed by atoms with Crippen LogP contribution in [0, 0.1) is 0 Å². The molecule has 0 fully saturated rings. The largest absolute Gasteiger partial charge is 0.478 e. The van der Waals surface area contributed by atoms with Gasteiger partial charge in [-0.1, -0.05) is 0 Å². The minimum Gasteiger partial charge on any atom is -0.478 e. The van der Waals surface area contributed by atoms with Crippen molar-refractivity contribution < 1.29 is 24.2 Å². The Kier molecular flexibility index (Phi) is 3.96. The molecule has 2 atom stereocenters. The maximum atomic E-state index is 11.7. The monoisotopic (exact) mass is 303 g/mol. The molecule has 0 unspecified atom stereocenters. The zero-order valence-corrected chi connectivity index (χ0v) is 11.2. The highest BCUT2D eigenvalue weighted by molar-refractivity contribution is 7.56. The maximum Gasteiger partial charge on any atom is 0.390 e. The lowest BCUT2D eigenvalue weighted by atomic mass is 10.1. The number of nitrogens with zero attached hydrogens (tertiary/aromatic N) is 2. The third-order valence-electron chi connectivity index (χ3n) is 2.91. The first-order valence-electron chi connectivity index (χ1n) is 5.71. The highest BCUT2D eigenvalue weighted by Gasteiger charge is 2.35. The zero-order chi connectivity index (χ0) is 14.9. The van der Waals surface area contributed by atoms with E-state index < -0.39 is 37.5 Å². The van der Waals surface area contributed by atoms with Crippen molar-refractivity contribution >= 4 is 13.4 Å². The Labute approximate surface area is 113 Å². The molecular weight excluding hydrogens is 289 g/mol. The number of ether oxygens (including phenoxy) is 1. The van der Waals surface area contributed by atoms with Crippen molar-refractivity contribution in [2.24, 2.45) is 0 Å². The van der Waals surface area contributed by atoms with Gasteiger partial charge in [-0.15, -0.1) is 0 Å². The Morgan fingerprint density at radius 3 is 2.80 bits per heavy atom. The quantitative estimate of drug-likeness (QED) is 0.529. The average molecular weight is 303 g/mol. The molecule has 10 heteroatoms. The lowest BCUT2D eigenvalue weighted by Crippen LogP contribution is -2.38. The SMILES string of the molecule is Nc1ccn([C@H]2CC=C(P(=O)(O)O)O[C@H]2CO)c(=O)n1. The fourth-order valence-corrected chi connectivity index (χ4v) is 2.59. The van der Waals surface area contributed by atoms with E-state index >= 15 is 0 Å². The predicted molar refractivity (Wildman–Crippen MR) is 68.6 cm³/mol. The maximum absolute atomic E-state index is 11.7. The normalized spacial score (nSPS) is 23.1. The van der Waals surface area contributed by atoms with E-state index in [0.29, 0.717) is 0 Å². The highest BCUT2D eigenvalue weighted by Crippen LogP contribution is 2.49. The van der Waals surface area contributed by atoms with E-state index in [4.69, 9.17) is 20.3 Å². The number of nitrogens with two attached hydrogens (primary N) is 1. The summed E-state index contributed by atoms with van der Waals surface area (Å²) in [7, 11) is -4.52. The molecule has 1 aromatic rings. The molecule has 1 aliphatic heterocycles. The summed E-state index contributed by atoms with van der Waals surface area (Å²) in [6.07, 6.45) is 1.78. The molecule has 0 bridgehead atoms. The molecule has 2 heterocycles. The fourth-order valence-electron chi connectivity index (χ4n) is 1.97. The van der Waals surface area contributed by atoms with Crippen LogP contribution in [0.4, 0.5) is 5.82 Å². The van der Waals surface area contributed by atoms with Gasteiger partial charge in [0.25, 0.3) is 0 Å². The number of rotatable bonds is 3. The van der Waals surface area contributed by atoms with Crippen LogP contribution in [0.2, 0.25) is 0 Å². The number of aromatic nitrogens is 2. The first-order chi connectivity index (χ1) is 9.32. The van der Waals surface area contributed by atoms with Gasteiger partial charge in [-0.2, -0.15) is 4.98 Å². The molecule has 0 aromatic carbocycles. The summed E-state index contributed by atoms with van der Waals surface area (Å²) >= 11 is 0. The summed E-state index contributed by atoms with van der Waals surface area (Å²) in [5.74, 6) is 0.0648. The van der Waals surface area contributed by atoms with Crippen LogP contribution in [0.5, 0.6) is 0 Å². The van der Waals surface area contributed by atoms with Crippen LogP contribution in [0.3, 0.4) is 0 Å². The van der Waals surface area contributed by atoms with Gasteiger partial charge in [0.1, 0.15) is 11.9 Å². The van der Waals surface area contributed by atoms with Crippen molar-refractivity contribution in [2.75, 3.05) is 12.3 Å². The Morgan fingerprint density at radius 1 is 1.55 bits per heavy atom. The van der Waals surface area contributed by atoms with E-state index in [-0.39, 0.29) is 12.2 Å². The molecular formula is C10H14N3O6P. The van der Waals surface area contributed by atoms with E-state index in [1.807, 2.05) is 0 Å². The Bertz CT molecular complexity index is 636. The topological polar surface area (TPSA) is 148 Å². The van der Waals surface area contributed by atoms with Gasteiger partial charge in [0, 0.05) is 6.20 Å². The third-order valence-corrected chi connectivity index (χ3v) is 3.77. The summed E-state index contributed by atoms with van der Waals surface area (Å²) in [4.78, 5) is 33.4. The lowest BCUT2D eigenvalue weighted by molar-refractivity contribution is 0.0152. The fraction of sp³-hybridized carbons (Fsp3) is 0.400. The Hall–Kier alpha value is -1.67. The second-order valence-electron chi connectivity index (χ2n) is 4.27. The summed E-state index contributed by atoms with van der Waals surface area (Å²) in [5, 5.41) is 9.29. The number of hydrogen-bond acceptors (Lipinski definition) is 6. The molecule has 20 heavy (non-hydrogen) atoms. The molecule has 5 N–H and O–H groups in total. The second kappa shape index (κ2) is 5.37. The predicted octanol–water partition coefficient (Wildman–Crippen LogP) is -0.833. The molecule has 0 saturated carbocycles. The lowest BCUT2D eigenvalue weighted by Gasteiger charge is -2.31. The molecule has 0 aliphatic carbocycles. The summed E-state index contributed by atoms with van der Waals surface area (Å²) in [5.41, 5.74) is 4.27. The van der Waals surface area contributed by atoms with E-state index in [1.165, 1.54) is 22.9 Å². The van der Waals surface area contributed by atoms with Crippen molar-refractivity contribution in [3.05, 3.63) is 34.3 Å². The highest BCUT2D eigenvalue weighted by atomic mass is 31.2. The first kappa shape index (κ1) is 14.7. The number of anilines is 1. The second-order valence-corrected chi connectivity index (χ2v) is 5.80.